The molecule has 1 aliphatic carbocycles. The number of aromatic nitrogens is 2. The van der Waals surface area contributed by atoms with Gasteiger partial charge in [-0.25, -0.2) is 8.42 Å². The van der Waals surface area contributed by atoms with Crippen LogP contribution in [0.25, 0.3) is 0 Å². The number of rotatable bonds is 5. The summed E-state index contributed by atoms with van der Waals surface area (Å²) >= 11 is 0. The van der Waals surface area contributed by atoms with E-state index >= 15 is 0 Å². The zero-order valence-electron chi connectivity index (χ0n) is 14.3. The molecule has 2 unspecified atom stereocenters. The minimum Gasteiger partial charge on any atom is -0.307 e. The van der Waals surface area contributed by atoms with Gasteiger partial charge in [-0.2, -0.15) is 5.10 Å². The molecule has 1 aliphatic rings. The number of hydrogen-bond donors (Lipinski definition) is 1. The molecule has 0 spiro atoms. The quantitative estimate of drug-likeness (QED) is 0.903. The smallest absolute Gasteiger partial charge is 0.182 e. The van der Waals surface area contributed by atoms with Crippen molar-refractivity contribution in [3.05, 3.63) is 47.8 Å². The van der Waals surface area contributed by atoms with E-state index in [-0.39, 0.29) is 11.3 Å². The number of aryl methyl sites for hydroxylation is 2. The monoisotopic (exact) mass is 347 g/mol. The first-order valence-electron chi connectivity index (χ1n) is 8.49. The lowest BCUT2D eigenvalue weighted by Gasteiger charge is -2.32. The zero-order valence-corrected chi connectivity index (χ0v) is 15.1. The van der Waals surface area contributed by atoms with E-state index in [9.17, 15) is 8.42 Å². The van der Waals surface area contributed by atoms with Crippen LogP contribution >= 0.6 is 0 Å². The molecule has 0 radical (unpaired) electrons. The fourth-order valence-corrected chi connectivity index (χ4v) is 5.42. The first-order valence-corrected chi connectivity index (χ1v) is 10.0. The van der Waals surface area contributed by atoms with Crippen molar-refractivity contribution in [3.63, 3.8) is 0 Å². The van der Waals surface area contributed by atoms with Gasteiger partial charge in [0, 0.05) is 25.8 Å². The van der Waals surface area contributed by atoms with Gasteiger partial charge in [-0.05, 0) is 38.0 Å². The first kappa shape index (κ1) is 17.2. The van der Waals surface area contributed by atoms with Crippen LogP contribution in [-0.2, 0) is 23.4 Å². The minimum absolute atomic E-state index is 0.0139. The average Bonchev–Trinajstić information content (AvgIpc) is 2.99. The normalized spacial score (nSPS) is 21.8. The van der Waals surface area contributed by atoms with E-state index in [0.29, 0.717) is 11.4 Å². The van der Waals surface area contributed by atoms with Crippen LogP contribution in [0.1, 0.15) is 36.9 Å². The molecule has 1 fully saturated rings. The molecule has 1 aromatic carbocycles. The van der Waals surface area contributed by atoms with Crippen molar-refractivity contribution in [2.45, 2.75) is 55.3 Å². The standard InChI is InChI=1S/C18H25N3O2S/c1-14-7-9-16(10-8-14)24(22,23)18-6-4-3-5-17(18)19-13-15-11-12-20-21(15)2/h7-12,17-19H,3-6,13H2,1-2H3. The molecular formula is C18H25N3O2S. The molecule has 6 heteroatoms. The summed E-state index contributed by atoms with van der Waals surface area (Å²) in [5.41, 5.74) is 2.13. The van der Waals surface area contributed by atoms with Gasteiger partial charge in [-0.3, -0.25) is 4.68 Å². The first-order chi connectivity index (χ1) is 11.5. The maximum absolute atomic E-state index is 13.1. The highest BCUT2D eigenvalue weighted by atomic mass is 32.2. The fourth-order valence-electron chi connectivity index (χ4n) is 3.41. The van der Waals surface area contributed by atoms with Gasteiger partial charge in [0.1, 0.15) is 0 Å². The van der Waals surface area contributed by atoms with Crippen LogP contribution in [0.4, 0.5) is 0 Å². The molecule has 1 aromatic heterocycles. The van der Waals surface area contributed by atoms with Crippen molar-refractivity contribution in [1.82, 2.24) is 15.1 Å². The molecule has 5 nitrogen and oxygen atoms in total. The lowest BCUT2D eigenvalue weighted by molar-refractivity contribution is 0.366. The largest absolute Gasteiger partial charge is 0.307 e. The van der Waals surface area contributed by atoms with E-state index in [1.165, 1.54) is 0 Å². The van der Waals surface area contributed by atoms with Crippen LogP contribution in [-0.4, -0.2) is 29.5 Å². The summed E-state index contributed by atoms with van der Waals surface area (Å²) < 4.78 is 28.0. The van der Waals surface area contributed by atoms with Gasteiger partial charge in [0.2, 0.25) is 0 Å². The maximum atomic E-state index is 13.1. The average molecular weight is 347 g/mol. The molecule has 0 saturated heterocycles. The fraction of sp³-hybridized carbons (Fsp3) is 0.500. The van der Waals surface area contributed by atoms with Crippen LogP contribution in [0, 0.1) is 6.92 Å². The molecule has 2 atom stereocenters. The molecule has 1 N–H and O–H groups in total. The summed E-state index contributed by atoms with van der Waals surface area (Å²) in [5, 5.41) is 7.27. The van der Waals surface area contributed by atoms with Gasteiger partial charge in [0.05, 0.1) is 15.8 Å². The van der Waals surface area contributed by atoms with Gasteiger partial charge in [0.15, 0.2) is 9.84 Å². The number of benzene rings is 1. The number of nitrogens with zero attached hydrogens (tertiary/aromatic N) is 2. The Hall–Kier alpha value is -1.66. The molecule has 0 bridgehead atoms. The molecule has 3 rings (SSSR count). The Morgan fingerprint density at radius 1 is 1.17 bits per heavy atom. The molecule has 2 aromatic rings. The molecule has 130 valence electrons. The van der Waals surface area contributed by atoms with Crippen molar-refractivity contribution < 1.29 is 8.42 Å². The zero-order chi connectivity index (χ0) is 17.2. The van der Waals surface area contributed by atoms with E-state index in [2.05, 4.69) is 10.4 Å². The van der Waals surface area contributed by atoms with E-state index in [1.54, 1.807) is 18.3 Å². The number of hydrogen-bond acceptors (Lipinski definition) is 4. The van der Waals surface area contributed by atoms with E-state index < -0.39 is 9.84 Å². The predicted octanol–water partition coefficient (Wildman–Crippen LogP) is 2.60. The third-order valence-corrected chi connectivity index (χ3v) is 7.21. The Bertz CT molecular complexity index is 781. The number of sulfone groups is 1. The van der Waals surface area contributed by atoms with Crippen LogP contribution in [0.2, 0.25) is 0 Å². The Kier molecular flexibility index (Phi) is 5.06. The lowest BCUT2D eigenvalue weighted by atomic mass is 9.95. The third kappa shape index (κ3) is 3.54. The molecule has 0 amide bonds. The molecular weight excluding hydrogens is 322 g/mol. The highest BCUT2D eigenvalue weighted by Gasteiger charge is 2.36. The summed E-state index contributed by atoms with van der Waals surface area (Å²) in [6.45, 7) is 2.61. The van der Waals surface area contributed by atoms with Crippen molar-refractivity contribution in [1.29, 1.82) is 0 Å². The summed E-state index contributed by atoms with van der Waals surface area (Å²) in [6, 6.07) is 9.15. The summed E-state index contributed by atoms with van der Waals surface area (Å²) in [5.74, 6) is 0. The van der Waals surface area contributed by atoms with Gasteiger partial charge in [-0.15, -0.1) is 0 Å². The van der Waals surface area contributed by atoms with Crippen molar-refractivity contribution >= 4 is 9.84 Å². The van der Waals surface area contributed by atoms with E-state index in [1.807, 2.05) is 36.9 Å². The van der Waals surface area contributed by atoms with Gasteiger partial charge < -0.3 is 5.32 Å². The van der Waals surface area contributed by atoms with Crippen LogP contribution in [0.5, 0.6) is 0 Å². The second-order valence-electron chi connectivity index (χ2n) is 6.61. The summed E-state index contributed by atoms with van der Waals surface area (Å²) in [4.78, 5) is 0.437. The maximum Gasteiger partial charge on any atom is 0.182 e. The van der Waals surface area contributed by atoms with Crippen LogP contribution in [0.3, 0.4) is 0 Å². The molecule has 24 heavy (non-hydrogen) atoms. The van der Waals surface area contributed by atoms with E-state index in [0.717, 1.165) is 36.9 Å². The Labute approximate surface area is 144 Å². The Morgan fingerprint density at radius 3 is 2.54 bits per heavy atom. The third-order valence-electron chi connectivity index (χ3n) is 4.92. The molecule has 1 heterocycles. The predicted molar refractivity (Wildman–Crippen MR) is 94.5 cm³/mol. The topological polar surface area (TPSA) is 64.0 Å². The SMILES string of the molecule is Cc1ccc(S(=O)(=O)C2CCCCC2NCc2ccnn2C)cc1. The van der Waals surface area contributed by atoms with Gasteiger partial charge in [0.25, 0.3) is 0 Å². The van der Waals surface area contributed by atoms with Crippen LogP contribution in [0.15, 0.2) is 41.4 Å². The van der Waals surface area contributed by atoms with Gasteiger partial charge in [-0.1, -0.05) is 30.5 Å². The highest BCUT2D eigenvalue weighted by Crippen LogP contribution is 2.29. The Balaban J connectivity index is 1.78. The van der Waals surface area contributed by atoms with Crippen molar-refractivity contribution in [2.75, 3.05) is 0 Å². The number of nitrogens with one attached hydrogen (secondary N) is 1. The highest BCUT2D eigenvalue weighted by molar-refractivity contribution is 7.92. The Morgan fingerprint density at radius 2 is 1.88 bits per heavy atom. The van der Waals surface area contributed by atoms with E-state index in [4.69, 9.17) is 0 Å². The second kappa shape index (κ2) is 7.07. The second-order valence-corrected chi connectivity index (χ2v) is 8.78. The van der Waals surface area contributed by atoms with Crippen molar-refractivity contribution in [2.24, 2.45) is 7.05 Å². The minimum atomic E-state index is -3.31. The summed E-state index contributed by atoms with van der Waals surface area (Å²) in [7, 11) is -1.41. The lowest BCUT2D eigenvalue weighted by Crippen LogP contribution is -2.46. The summed E-state index contributed by atoms with van der Waals surface area (Å²) in [6.07, 6.45) is 5.42. The van der Waals surface area contributed by atoms with Crippen LogP contribution < -0.4 is 5.32 Å². The molecule has 0 aliphatic heterocycles. The molecule has 1 saturated carbocycles. The van der Waals surface area contributed by atoms with Crippen molar-refractivity contribution in [3.8, 4) is 0 Å². The van der Waals surface area contributed by atoms with Gasteiger partial charge >= 0.3 is 0 Å².